The Labute approximate surface area is 243 Å². The largest absolute Gasteiger partial charge is 0.487 e. The lowest BCUT2D eigenvalue weighted by Gasteiger charge is -2.37. The van der Waals surface area contributed by atoms with Crippen LogP contribution in [-0.4, -0.2) is 46.8 Å². The number of amides is 2. The van der Waals surface area contributed by atoms with Crippen molar-refractivity contribution in [3.05, 3.63) is 114 Å². The van der Waals surface area contributed by atoms with E-state index in [0.717, 1.165) is 22.6 Å². The second-order valence-electron chi connectivity index (χ2n) is 10.4. The Balaban J connectivity index is 1.06. The van der Waals surface area contributed by atoms with Gasteiger partial charge in [-0.3, -0.25) is 14.6 Å². The van der Waals surface area contributed by atoms with E-state index in [1.54, 1.807) is 24.4 Å². The Morgan fingerprint density at radius 2 is 1.79 bits per heavy atom. The molecule has 9 nitrogen and oxygen atoms in total. The van der Waals surface area contributed by atoms with Crippen molar-refractivity contribution < 1.29 is 28.9 Å². The van der Waals surface area contributed by atoms with E-state index in [2.05, 4.69) is 15.6 Å². The first-order valence-corrected chi connectivity index (χ1v) is 13.9. The predicted octanol–water partition coefficient (Wildman–Crippen LogP) is 4.83. The van der Waals surface area contributed by atoms with Crippen LogP contribution in [0.2, 0.25) is 0 Å². The Morgan fingerprint density at radius 1 is 0.976 bits per heavy atom. The summed E-state index contributed by atoms with van der Waals surface area (Å²) in [6.07, 6.45) is 2.49. The number of hydrogen-bond donors (Lipinski definition) is 3. The summed E-state index contributed by atoms with van der Waals surface area (Å²) in [5.41, 5.74) is 2.96. The van der Waals surface area contributed by atoms with Gasteiger partial charge < -0.3 is 30.0 Å². The van der Waals surface area contributed by atoms with E-state index in [-0.39, 0.29) is 36.9 Å². The summed E-state index contributed by atoms with van der Waals surface area (Å²) in [6.45, 7) is 0.147. The minimum absolute atomic E-state index is 0.0869. The summed E-state index contributed by atoms with van der Waals surface area (Å²) in [5.74, 6) is 1.68. The predicted molar refractivity (Wildman–Crippen MR) is 156 cm³/mol. The average Bonchev–Trinajstić information content (AvgIpc) is 3.39. The molecule has 0 spiro atoms. The third kappa shape index (κ3) is 6.27. The molecule has 0 radical (unpaired) electrons. The summed E-state index contributed by atoms with van der Waals surface area (Å²) in [5, 5.41) is 15.9. The quantitative estimate of drug-likeness (QED) is 0.266. The molecule has 2 amide bonds. The van der Waals surface area contributed by atoms with Crippen molar-refractivity contribution >= 4 is 17.5 Å². The van der Waals surface area contributed by atoms with E-state index in [1.165, 1.54) is 6.20 Å². The van der Waals surface area contributed by atoms with Crippen molar-refractivity contribution in [2.24, 2.45) is 0 Å². The molecule has 214 valence electrons. The van der Waals surface area contributed by atoms with E-state index in [1.807, 2.05) is 66.7 Å². The number of rotatable bonds is 9. The molecule has 0 unspecified atom stereocenters. The summed E-state index contributed by atoms with van der Waals surface area (Å²) in [4.78, 5) is 29.5. The van der Waals surface area contributed by atoms with E-state index in [4.69, 9.17) is 14.2 Å². The number of fused-ring (bicyclic) bond motifs is 3. The molecule has 3 aromatic carbocycles. The zero-order valence-corrected chi connectivity index (χ0v) is 22.8. The van der Waals surface area contributed by atoms with Crippen LogP contribution in [0.15, 0.2) is 97.3 Å². The van der Waals surface area contributed by atoms with Gasteiger partial charge in [0.25, 0.3) is 5.91 Å². The molecule has 0 bridgehead atoms. The van der Waals surface area contributed by atoms with Gasteiger partial charge in [-0.2, -0.15) is 0 Å². The summed E-state index contributed by atoms with van der Waals surface area (Å²) in [7, 11) is 0. The van der Waals surface area contributed by atoms with Gasteiger partial charge in [-0.1, -0.05) is 30.3 Å². The number of aliphatic hydroxyl groups is 1. The topological polar surface area (TPSA) is 119 Å². The van der Waals surface area contributed by atoms with E-state index < -0.39 is 12.2 Å². The maximum Gasteiger partial charge on any atom is 0.257 e. The number of nitrogens with one attached hydrogen (secondary N) is 2. The van der Waals surface area contributed by atoms with Crippen molar-refractivity contribution in [2.45, 2.75) is 43.6 Å². The number of anilines is 1. The van der Waals surface area contributed by atoms with Gasteiger partial charge in [0.05, 0.1) is 24.7 Å². The molecule has 1 saturated heterocycles. The molecule has 2 aliphatic rings. The molecule has 4 atom stereocenters. The molecular formula is C33H31N3O6. The number of nitrogens with zero attached hydrogens (tertiary/aromatic N) is 1. The van der Waals surface area contributed by atoms with Crippen LogP contribution >= 0.6 is 0 Å². The molecule has 2 aliphatic heterocycles. The second kappa shape index (κ2) is 12.4. The standard InChI is InChI=1S/C33H31N3O6/c37-20-30-32-28(27-15-23(10-13-29(27)42-32)36-33(39)22-5-4-14-34-19-22)16-26(41-30)17-31(38)35-18-21-8-11-25(12-9-21)40-24-6-2-1-3-7-24/h1-15,19,26,28,30,32,37H,16-18,20H2,(H,35,38)(H,36,39)/t26-,28-,30-,32+/m1/s1. The van der Waals surface area contributed by atoms with Crippen molar-refractivity contribution in [2.75, 3.05) is 11.9 Å². The average molecular weight is 566 g/mol. The highest BCUT2D eigenvalue weighted by Crippen LogP contribution is 2.47. The summed E-state index contributed by atoms with van der Waals surface area (Å²) < 4.78 is 18.1. The molecule has 1 aromatic heterocycles. The van der Waals surface area contributed by atoms with Crippen molar-refractivity contribution in [3.63, 3.8) is 0 Å². The number of benzene rings is 3. The molecule has 0 aliphatic carbocycles. The van der Waals surface area contributed by atoms with Crippen LogP contribution in [0.25, 0.3) is 0 Å². The van der Waals surface area contributed by atoms with Crippen LogP contribution in [0.1, 0.15) is 40.2 Å². The molecule has 6 rings (SSSR count). The summed E-state index contributed by atoms with van der Waals surface area (Å²) in [6, 6.07) is 26.0. The zero-order valence-electron chi connectivity index (χ0n) is 22.8. The van der Waals surface area contributed by atoms with Crippen molar-refractivity contribution in [3.8, 4) is 17.2 Å². The monoisotopic (exact) mass is 565 g/mol. The minimum atomic E-state index is -0.570. The first-order chi connectivity index (χ1) is 20.6. The Hall–Kier alpha value is -4.73. The van der Waals surface area contributed by atoms with Gasteiger partial charge in [0.15, 0.2) is 0 Å². The van der Waals surface area contributed by atoms with E-state index in [0.29, 0.717) is 30.0 Å². The number of carbonyl (C=O) groups excluding carboxylic acids is 2. The summed E-state index contributed by atoms with van der Waals surface area (Å²) >= 11 is 0. The first-order valence-electron chi connectivity index (χ1n) is 13.9. The van der Waals surface area contributed by atoms with E-state index in [9.17, 15) is 14.7 Å². The Kier molecular flexibility index (Phi) is 8.12. The number of pyridine rings is 1. The van der Waals surface area contributed by atoms with Gasteiger partial charge in [0, 0.05) is 36.1 Å². The number of hydrogen-bond acceptors (Lipinski definition) is 7. The van der Waals surface area contributed by atoms with Crippen LogP contribution < -0.4 is 20.1 Å². The fourth-order valence-electron chi connectivity index (χ4n) is 5.45. The van der Waals surface area contributed by atoms with Crippen molar-refractivity contribution in [1.82, 2.24) is 10.3 Å². The molecule has 3 heterocycles. The smallest absolute Gasteiger partial charge is 0.257 e. The van der Waals surface area contributed by atoms with Gasteiger partial charge in [0.2, 0.25) is 5.91 Å². The van der Waals surface area contributed by atoms with Gasteiger partial charge in [-0.25, -0.2) is 0 Å². The lowest BCUT2D eigenvalue weighted by molar-refractivity contribution is -0.142. The van der Waals surface area contributed by atoms with Gasteiger partial charge in [0.1, 0.15) is 29.5 Å². The van der Waals surface area contributed by atoms with Gasteiger partial charge >= 0.3 is 0 Å². The number of para-hydroxylation sites is 1. The van der Waals surface area contributed by atoms with Gasteiger partial charge in [-0.05, 0) is 66.6 Å². The molecule has 4 aromatic rings. The third-order valence-electron chi connectivity index (χ3n) is 7.49. The van der Waals surface area contributed by atoms with Crippen LogP contribution in [0.3, 0.4) is 0 Å². The molecule has 3 N–H and O–H groups in total. The number of ether oxygens (including phenoxy) is 3. The van der Waals surface area contributed by atoms with Crippen LogP contribution in [0.5, 0.6) is 17.2 Å². The maximum absolute atomic E-state index is 12.9. The van der Waals surface area contributed by atoms with Crippen LogP contribution in [0, 0.1) is 0 Å². The van der Waals surface area contributed by atoms with Crippen molar-refractivity contribution in [1.29, 1.82) is 0 Å². The SMILES string of the molecule is O=C(C[C@H]1C[C@@H]2c3cc(NC(=O)c4cccnc4)ccc3O[C@@H]2[C@@H](CO)O1)NCc1ccc(Oc2ccccc2)cc1. The fourth-order valence-corrected chi connectivity index (χ4v) is 5.45. The Morgan fingerprint density at radius 3 is 2.55 bits per heavy atom. The fraction of sp³-hybridized carbons (Fsp3) is 0.242. The number of carbonyl (C=O) groups is 2. The van der Waals surface area contributed by atoms with E-state index >= 15 is 0 Å². The van der Waals surface area contributed by atoms with Gasteiger partial charge in [-0.15, -0.1) is 0 Å². The number of aromatic nitrogens is 1. The minimum Gasteiger partial charge on any atom is -0.487 e. The molecule has 42 heavy (non-hydrogen) atoms. The lowest BCUT2D eigenvalue weighted by Crippen LogP contribution is -2.47. The highest BCUT2D eigenvalue weighted by molar-refractivity contribution is 6.04. The molecule has 1 fully saturated rings. The van der Waals surface area contributed by atoms with Crippen LogP contribution in [0.4, 0.5) is 5.69 Å². The zero-order chi connectivity index (χ0) is 28.9. The highest BCUT2D eigenvalue weighted by atomic mass is 16.6. The molecular weight excluding hydrogens is 534 g/mol. The number of aliphatic hydroxyl groups excluding tert-OH is 1. The second-order valence-corrected chi connectivity index (χ2v) is 10.4. The maximum atomic E-state index is 12.9. The third-order valence-corrected chi connectivity index (χ3v) is 7.49. The lowest BCUT2D eigenvalue weighted by atomic mass is 9.84. The first kappa shape index (κ1) is 27.4. The Bertz CT molecular complexity index is 1530. The molecule has 0 saturated carbocycles. The highest BCUT2D eigenvalue weighted by Gasteiger charge is 2.46. The molecule has 9 heteroatoms. The van der Waals surface area contributed by atoms with Crippen LogP contribution in [-0.2, 0) is 16.1 Å². The normalized spacial score (nSPS) is 20.5.